The Hall–Kier alpha value is -2.04. The van der Waals surface area contributed by atoms with E-state index >= 15 is 0 Å². The van der Waals surface area contributed by atoms with Crippen molar-refractivity contribution in [2.45, 2.75) is 6.92 Å². The second-order valence-corrected chi connectivity index (χ2v) is 4.31. The Morgan fingerprint density at radius 1 is 1.53 bits per heavy atom. The van der Waals surface area contributed by atoms with E-state index in [4.69, 9.17) is 5.11 Å². The molecular formula is C12H14N2O3. The fraction of sp³-hybridized carbons (Fsp3) is 0.333. The summed E-state index contributed by atoms with van der Waals surface area (Å²) in [4.78, 5) is 24.5. The topological polar surface area (TPSA) is 69.6 Å². The number of nitrogens with zero attached hydrogens (tertiary/aromatic N) is 1. The summed E-state index contributed by atoms with van der Waals surface area (Å²) >= 11 is 0. The van der Waals surface area contributed by atoms with Crippen LogP contribution in [0.1, 0.15) is 17.3 Å². The van der Waals surface area contributed by atoms with Gasteiger partial charge in [-0.2, -0.15) is 0 Å². The number of carboxylic acids is 1. The minimum atomic E-state index is -0.968. The molecule has 0 bridgehead atoms. The number of nitrogens with one attached hydrogen (secondary N) is 1. The molecule has 1 atom stereocenters. The summed E-state index contributed by atoms with van der Waals surface area (Å²) in [7, 11) is 1.85. The van der Waals surface area contributed by atoms with Gasteiger partial charge in [0.1, 0.15) is 0 Å². The fourth-order valence-electron chi connectivity index (χ4n) is 1.93. The van der Waals surface area contributed by atoms with Gasteiger partial charge in [0.15, 0.2) is 0 Å². The average Bonchev–Trinajstić information content (AvgIpc) is 2.37. The maximum Gasteiger partial charge on any atom is 0.335 e. The molecule has 0 saturated carbocycles. The van der Waals surface area contributed by atoms with Crippen molar-refractivity contribution in [2.24, 2.45) is 5.92 Å². The number of carboxylic acid groups (broad SMARTS) is 1. The number of hydrogen-bond acceptors (Lipinski definition) is 3. The van der Waals surface area contributed by atoms with Crippen molar-refractivity contribution in [2.75, 3.05) is 23.8 Å². The number of carbonyl (C=O) groups excluding carboxylic acids is 1. The van der Waals surface area contributed by atoms with Crippen LogP contribution in [-0.2, 0) is 4.79 Å². The van der Waals surface area contributed by atoms with E-state index < -0.39 is 5.97 Å². The van der Waals surface area contributed by atoms with E-state index in [0.29, 0.717) is 12.2 Å². The molecule has 0 aliphatic carbocycles. The molecule has 1 heterocycles. The first-order chi connectivity index (χ1) is 7.99. The van der Waals surface area contributed by atoms with Crippen LogP contribution >= 0.6 is 0 Å². The van der Waals surface area contributed by atoms with E-state index in [-0.39, 0.29) is 17.4 Å². The van der Waals surface area contributed by atoms with Crippen LogP contribution in [-0.4, -0.2) is 30.6 Å². The first kappa shape index (κ1) is 11.4. The summed E-state index contributed by atoms with van der Waals surface area (Å²) in [5.74, 6) is -1.14. The Kier molecular flexibility index (Phi) is 2.75. The smallest absolute Gasteiger partial charge is 0.335 e. The van der Waals surface area contributed by atoms with Crippen LogP contribution < -0.4 is 10.2 Å². The predicted molar refractivity (Wildman–Crippen MR) is 64.5 cm³/mol. The van der Waals surface area contributed by atoms with E-state index in [2.05, 4.69) is 5.32 Å². The van der Waals surface area contributed by atoms with Crippen molar-refractivity contribution < 1.29 is 14.7 Å². The lowest BCUT2D eigenvalue weighted by atomic mass is 10.1. The molecule has 1 aromatic carbocycles. The number of aromatic carboxylic acids is 1. The molecule has 0 saturated heterocycles. The van der Waals surface area contributed by atoms with Crippen LogP contribution in [0.25, 0.3) is 0 Å². The normalized spacial score (nSPS) is 19.3. The van der Waals surface area contributed by atoms with Crippen molar-refractivity contribution >= 4 is 23.3 Å². The number of rotatable bonds is 1. The predicted octanol–water partition coefficient (Wildman–Crippen LogP) is 1.41. The molecule has 17 heavy (non-hydrogen) atoms. The van der Waals surface area contributed by atoms with Gasteiger partial charge < -0.3 is 15.3 Å². The summed E-state index contributed by atoms with van der Waals surface area (Å²) in [6.07, 6.45) is 0. The lowest BCUT2D eigenvalue weighted by molar-refractivity contribution is -0.119. The minimum absolute atomic E-state index is 0.0429. The third-order valence-corrected chi connectivity index (χ3v) is 2.91. The molecule has 1 aliphatic rings. The zero-order valence-electron chi connectivity index (χ0n) is 9.73. The Bertz CT molecular complexity index is 485. The Morgan fingerprint density at radius 3 is 2.88 bits per heavy atom. The summed E-state index contributed by atoms with van der Waals surface area (Å²) in [5, 5.41) is 11.7. The third-order valence-electron chi connectivity index (χ3n) is 2.91. The van der Waals surface area contributed by atoms with E-state index in [9.17, 15) is 9.59 Å². The van der Waals surface area contributed by atoms with Crippen molar-refractivity contribution in [1.82, 2.24) is 0 Å². The van der Waals surface area contributed by atoms with Gasteiger partial charge in [0.25, 0.3) is 0 Å². The van der Waals surface area contributed by atoms with Crippen LogP contribution in [0.15, 0.2) is 18.2 Å². The molecule has 0 spiro atoms. The molecule has 5 heteroatoms. The van der Waals surface area contributed by atoms with Crippen molar-refractivity contribution in [3.8, 4) is 0 Å². The van der Waals surface area contributed by atoms with Crippen LogP contribution in [0.5, 0.6) is 0 Å². The molecule has 1 aliphatic heterocycles. The first-order valence-electron chi connectivity index (χ1n) is 5.38. The molecule has 5 nitrogen and oxygen atoms in total. The van der Waals surface area contributed by atoms with Crippen molar-refractivity contribution in [3.05, 3.63) is 23.8 Å². The molecule has 1 unspecified atom stereocenters. The molecule has 2 N–H and O–H groups in total. The Labute approximate surface area is 99.0 Å². The molecule has 0 fully saturated rings. The highest BCUT2D eigenvalue weighted by Gasteiger charge is 2.23. The molecular weight excluding hydrogens is 220 g/mol. The second-order valence-electron chi connectivity index (χ2n) is 4.31. The highest BCUT2D eigenvalue weighted by molar-refractivity contribution is 5.99. The van der Waals surface area contributed by atoms with Gasteiger partial charge in [-0.25, -0.2) is 4.79 Å². The molecule has 0 radical (unpaired) electrons. The number of fused-ring (bicyclic) bond motifs is 1. The van der Waals surface area contributed by atoms with Gasteiger partial charge in [0, 0.05) is 13.6 Å². The molecule has 1 amide bonds. The molecule has 0 aromatic heterocycles. The minimum Gasteiger partial charge on any atom is -0.478 e. The van der Waals surface area contributed by atoms with E-state index in [1.807, 2.05) is 18.9 Å². The van der Waals surface area contributed by atoms with E-state index in [1.54, 1.807) is 12.1 Å². The molecule has 2 rings (SSSR count). The van der Waals surface area contributed by atoms with Gasteiger partial charge in [0.05, 0.1) is 22.9 Å². The molecule has 1 aromatic rings. The van der Waals surface area contributed by atoms with Gasteiger partial charge in [0.2, 0.25) is 5.91 Å². The monoisotopic (exact) mass is 234 g/mol. The van der Waals surface area contributed by atoms with Crippen LogP contribution in [0.2, 0.25) is 0 Å². The van der Waals surface area contributed by atoms with Gasteiger partial charge in [-0.05, 0) is 18.2 Å². The standard InChI is InChI=1S/C12H14N2O3/c1-7-6-14(2)10-5-8(12(16)17)3-4-9(10)13-11(7)15/h3-5,7H,6H2,1-2H3,(H,13,15)(H,16,17). The quantitative estimate of drug-likeness (QED) is 0.770. The third kappa shape index (κ3) is 2.08. The SMILES string of the molecule is CC1CN(C)c2cc(C(=O)O)ccc2NC1=O. The average molecular weight is 234 g/mol. The van der Waals surface area contributed by atoms with Crippen LogP contribution in [0, 0.1) is 5.92 Å². The van der Waals surface area contributed by atoms with Gasteiger partial charge >= 0.3 is 5.97 Å². The van der Waals surface area contributed by atoms with Crippen molar-refractivity contribution in [3.63, 3.8) is 0 Å². The largest absolute Gasteiger partial charge is 0.478 e. The maximum absolute atomic E-state index is 11.7. The van der Waals surface area contributed by atoms with Crippen molar-refractivity contribution in [1.29, 1.82) is 0 Å². The zero-order valence-corrected chi connectivity index (χ0v) is 9.73. The molecule has 90 valence electrons. The second kappa shape index (κ2) is 4.08. The zero-order chi connectivity index (χ0) is 12.6. The van der Waals surface area contributed by atoms with Gasteiger partial charge in [-0.15, -0.1) is 0 Å². The summed E-state index contributed by atoms with van der Waals surface area (Å²) in [5.41, 5.74) is 1.62. The number of anilines is 2. The lowest BCUT2D eigenvalue weighted by Gasteiger charge is -2.20. The first-order valence-corrected chi connectivity index (χ1v) is 5.38. The number of benzene rings is 1. The number of hydrogen-bond donors (Lipinski definition) is 2. The number of amides is 1. The number of carbonyl (C=O) groups is 2. The van der Waals surface area contributed by atoms with Crippen LogP contribution in [0.3, 0.4) is 0 Å². The lowest BCUT2D eigenvalue weighted by Crippen LogP contribution is -2.27. The maximum atomic E-state index is 11.7. The van der Waals surface area contributed by atoms with Gasteiger partial charge in [-0.1, -0.05) is 6.92 Å². The Morgan fingerprint density at radius 2 is 2.24 bits per heavy atom. The van der Waals surface area contributed by atoms with E-state index in [1.165, 1.54) is 6.07 Å². The highest BCUT2D eigenvalue weighted by atomic mass is 16.4. The Balaban J connectivity index is 2.47. The summed E-state index contributed by atoms with van der Waals surface area (Å²) < 4.78 is 0. The van der Waals surface area contributed by atoms with Crippen LogP contribution in [0.4, 0.5) is 11.4 Å². The van der Waals surface area contributed by atoms with E-state index in [0.717, 1.165) is 5.69 Å². The highest BCUT2D eigenvalue weighted by Crippen LogP contribution is 2.30. The summed E-state index contributed by atoms with van der Waals surface area (Å²) in [6.45, 7) is 2.41. The van der Waals surface area contributed by atoms with Gasteiger partial charge in [-0.3, -0.25) is 4.79 Å². The fourth-order valence-corrected chi connectivity index (χ4v) is 1.93. The summed E-state index contributed by atoms with van der Waals surface area (Å²) in [6, 6.07) is 4.70.